The summed E-state index contributed by atoms with van der Waals surface area (Å²) in [5.41, 5.74) is 0.732. The van der Waals surface area contributed by atoms with Crippen molar-refractivity contribution < 1.29 is 26.6 Å². The van der Waals surface area contributed by atoms with Gasteiger partial charge in [-0.2, -0.15) is 8.42 Å². The van der Waals surface area contributed by atoms with Crippen molar-refractivity contribution in [1.82, 2.24) is 4.98 Å². The maximum Gasteiger partial charge on any atom is 0.357 e. The number of benzene rings is 1. The molecule has 1 aromatic carbocycles. The highest BCUT2D eigenvalue weighted by molar-refractivity contribution is 7.86. The van der Waals surface area contributed by atoms with Gasteiger partial charge in [0.15, 0.2) is 10.8 Å². The van der Waals surface area contributed by atoms with Gasteiger partial charge in [0.2, 0.25) is 5.91 Å². The summed E-state index contributed by atoms with van der Waals surface area (Å²) < 4.78 is 40.3. The van der Waals surface area contributed by atoms with Crippen LogP contribution in [0.3, 0.4) is 0 Å². The van der Waals surface area contributed by atoms with Gasteiger partial charge in [-0.05, 0) is 37.0 Å². The Kier molecular flexibility index (Phi) is 7.19. The summed E-state index contributed by atoms with van der Waals surface area (Å²) in [6.07, 6.45) is 4.90. The summed E-state index contributed by atoms with van der Waals surface area (Å²) in [7, 11) is -4.80. The lowest BCUT2D eigenvalue weighted by Gasteiger charge is -2.20. The third-order valence-electron chi connectivity index (χ3n) is 5.14. The van der Waals surface area contributed by atoms with E-state index >= 15 is 0 Å². The van der Waals surface area contributed by atoms with E-state index in [1.165, 1.54) is 29.6 Å². The van der Waals surface area contributed by atoms with Crippen molar-refractivity contribution in [3.63, 3.8) is 0 Å². The standard InChI is InChI=1S/C20H23FN2O5S2/c1-2-28-19(25)17-12-29-20(22-17)23-18(24)16(11-13-5-3-4-6-13)14-7-9-15(10-8-14)30(21,26)27/h7-10,12-13,16H,2-6,11H2,1H3,(H,22,23,24). The Labute approximate surface area is 178 Å². The molecule has 1 N–H and O–H groups in total. The molecule has 1 aliphatic carbocycles. The number of carbonyl (C=O) groups excluding carboxylic acids is 2. The Bertz CT molecular complexity index is 998. The smallest absolute Gasteiger partial charge is 0.357 e. The van der Waals surface area contributed by atoms with Crippen molar-refractivity contribution in [3.8, 4) is 0 Å². The molecule has 1 aliphatic rings. The molecule has 1 unspecified atom stereocenters. The van der Waals surface area contributed by atoms with Crippen LogP contribution in [0.15, 0.2) is 34.5 Å². The topological polar surface area (TPSA) is 102 Å². The number of aromatic nitrogens is 1. The molecule has 0 aliphatic heterocycles. The normalized spacial score (nSPS) is 15.7. The fourth-order valence-electron chi connectivity index (χ4n) is 3.66. The van der Waals surface area contributed by atoms with Gasteiger partial charge in [-0.1, -0.05) is 37.8 Å². The molecule has 1 saturated carbocycles. The summed E-state index contributed by atoms with van der Waals surface area (Å²) in [4.78, 5) is 28.5. The zero-order valence-corrected chi connectivity index (χ0v) is 18.1. The molecule has 162 valence electrons. The minimum atomic E-state index is -4.80. The summed E-state index contributed by atoms with van der Waals surface area (Å²) in [5, 5.41) is 4.54. The lowest BCUT2D eigenvalue weighted by molar-refractivity contribution is -0.118. The second-order valence-corrected chi connectivity index (χ2v) is 9.40. The highest BCUT2D eigenvalue weighted by atomic mass is 32.3. The molecule has 2 aromatic rings. The second kappa shape index (κ2) is 9.65. The zero-order chi connectivity index (χ0) is 21.7. The van der Waals surface area contributed by atoms with Crippen LogP contribution in [0.5, 0.6) is 0 Å². The minimum Gasteiger partial charge on any atom is -0.461 e. The van der Waals surface area contributed by atoms with E-state index in [4.69, 9.17) is 4.74 Å². The van der Waals surface area contributed by atoms with Gasteiger partial charge < -0.3 is 10.1 Å². The summed E-state index contributed by atoms with van der Waals surface area (Å²) in [6.45, 7) is 1.92. The van der Waals surface area contributed by atoms with Crippen molar-refractivity contribution in [3.05, 3.63) is 40.9 Å². The Morgan fingerprint density at radius 2 is 1.93 bits per heavy atom. The van der Waals surface area contributed by atoms with Crippen LogP contribution in [0.25, 0.3) is 0 Å². The average Bonchev–Trinajstić information content (AvgIpc) is 3.37. The molecular weight excluding hydrogens is 431 g/mol. The summed E-state index contributed by atoms with van der Waals surface area (Å²) in [6, 6.07) is 5.28. The van der Waals surface area contributed by atoms with E-state index in [-0.39, 0.29) is 23.3 Å². The molecule has 0 bridgehead atoms. The van der Waals surface area contributed by atoms with E-state index in [9.17, 15) is 21.9 Å². The molecule has 1 fully saturated rings. The maximum absolute atomic E-state index is 13.2. The van der Waals surface area contributed by atoms with Gasteiger partial charge in [-0.3, -0.25) is 4.79 Å². The lowest BCUT2D eigenvalue weighted by Crippen LogP contribution is -2.23. The Hall–Kier alpha value is -2.33. The number of amides is 1. The van der Waals surface area contributed by atoms with Gasteiger partial charge in [-0.15, -0.1) is 15.2 Å². The van der Waals surface area contributed by atoms with Crippen LogP contribution in [0, 0.1) is 5.92 Å². The van der Waals surface area contributed by atoms with Gasteiger partial charge in [0, 0.05) is 5.38 Å². The van der Waals surface area contributed by atoms with Gasteiger partial charge >= 0.3 is 16.2 Å². The molecule has 1 aromatic heterocycles. The quantitative estimate of drug-likeness (QED) is 0.472. The van der Waals surface area contributed by atoms with Crippen molar-refractivity contribution in [2.24, 2.45) is 5.92 Å². The van der Waals surface area contributed by atoms with Crippen LogP contribution in [-0.4, -0.2) is 31.9 Å². The first kappa shape index (κ1) is 22.4. The molecule has 1 atom stereocenters. The van der Waals surface area contributed by atoms with Crippen molar-refractivity contribution in [2.45, 2.75) is 49.8 Å². The molecule has 1 heterocycles. The van der Waals surface area contributed by atoms with Gasteiger partial charge in [0.05, 0.1) is 17.4 Å². The molecule has 7 nitrogen and oxygen atoms in total. The number of esters is 1. The molecule has 0 radical (unpaired) electrons. The minimum absolute atomic E-state index is 0.127. The molecule has 30 heavy (non-hydrogen) atoms. The molecular formula is C20H23FN2O5S2. The first-order valence-electron chi connectivity index (χ1n) is 9.76. The number of carbonyl (C=O) groups is 2. The van der Waals surface area contributed by atoms with Crippen molar-refractivity contribution in [1.29, 1.82) is 0 Å². The van der Waals surface area contributed by atoms with E-state index < -0.39 is 27.0 Å². The van der Waals surface area contributed by atoms with Crippen LogP contribution in [0.1, 0.15) is 61.0 Å². The third-order valence-corrected chi connectivity index (χ3v) is 6.74. The maximum atomic E-state index is 13.2. The van der Waals surface area contributed by atoms with Crippen molar-refractivity contribution >= 4 is 38.6 Å². The van der Waals surface area contributed by atoms with Gasteiger partial charge in [0.1, 0.15) is 0 Å². The van der Waals surface area contributed by atoms with Gasteiger partial charge in [-0.25, -0.2) is 9.78 Å². The number of rotatable bonds is 8. The summed E-state index contributed by atoms with van der Waals surface area (Å²) >= 11 is 1.12. The number of anilines is 1. The lowest BCUT2D eigenvalue weighted by atomic mass is 9.87. The van der Waals surface area contributed by atoms with E-state index in [2.05, 4.69) is 10.3 Å². The van der Waals surface area contributed by atoms with E-state index in [1.807, 2.05) is 0 Å². The molecule has 10 heteroatoms. The Balaban J connectivity index is 1.79. The summed E-state index contributed by atoms with van der Waals surface area (Å²) in [5.74, 6) is -1.02. The molecule has 1 amide bonds. The zero-order valence-electron chi connectivity index (χ0n) is 16.5. The fourth-order valence-corrected chi connectivity index (χ4v) is 4.80. The molecule has 0 spiro atoms. The second-order valence-electron chi connectivity index (χ2n) is 7.19. The van der Waals surface area contributed by atoms with Crippen LogP contribution >= 0.6 is 11.3 Å². The van der Waals surface area contributed by atoms with E-state index in [1.54, 1.807) is 6.92 Å². The number of thiazole rings is 1. The van der Waals surface area contributed by atoms with Crippen LogP contribution in [0.4, 0.5) is 9.02 Å². The van der Waals surface area contributed by atoms with Crippen LogP contribution < -0.4 is 5.32 Å². The largest absolute Gasteiger partial charge is 0.461 e. The Morgan fingerprint density at radius 3 is 2.53 bits per heavy atom. The SMILES string of the molecule is CCOC(=O)c1csc(NC(=O)C(CC2CCCC2)c2ccc(S(=O)(=O)F)cc2)n1. The number of nitrogens with one attached hydrogen (secondary N) is 1. The number of ether oxygens (including phenoxy) is 1. The highest BCUT2D eigenvalue weighted by Crippen LogP contribution is 2.35. The molecule has 0 saturated heterocycles. The van der Waals surface area contributed by atoms with Crippen LogP contribution in [0.2, 0.25) is 0 Å². The van der Waals surface area contributed by atoms with Crippen molar-refractivity contribution in [2.75, 3.05) is 11.9 Å². The molecule has 3 rings (SSSR count). The average molecular weight is 455 g/mol. The first-order valence-corrected chi connectivity index (χ1v) is 12.0. The van der Waals surface area contributed by atoms with Gasteiger partial charge in [0.25, 0.3) is 0 Å². The number of halogens is 1. The Morgan fingerprint density at radius 1 is 1.27 bits per heavy atom. The predicted octanol–water partition coefficient (Wildman–Crippen LogP) is 4.28. The highest BCUT2D eigenvalue weighted by Gasteiger charge is 2.28. The number of nitrogens with zero attached hydrogens (tertiary/aromatic N) is 1. The number of hydrogen-bond acceptors (Lipinski definition) is 7. The van der Waals surface area contributed by atoms with E-state index in [0.29, 0.717) is 17.9 Å². The fraction of sp³-hybridized carbons (Fsp3) is 0.450. The monoisotopic (exact) mass is 454 g/mol. The number of hydrogen-bond donors (Lipinski definition) is 1. The first-order chi connectivity index (χ1) is 14.3. The van der Waals surface area contributed by atoms with Crippen LogP contribution in [-0.2, 0) is 19.8 Å². The third kappa shape index (κ3) is 5.63. The predicted molar refractivity (Wildman–Crippen MR) is 111 cm³/mol. The van der Waals surface area contributed by atoms with E-state index in [0.717, 1.165) is 37.0 Å².